The number of hydrogen-bond donors (Lipinski definition) is 3. The summed E-state index contributed by atoms with van der Waals surface area (Å²) in [4.78, 5) is 16.4. The van der Waals surface area contributed by atoms with Crippen molar-refractivity contribution in [3.05, 3.63) is 24.3 Å². The third kappa shape index (κ3) is 2.88. The number of carbonyl (C=O) groups excluding carboxylic acids is 1. The summed E-state index contributed by atoms with van der Waals surface area (Å²) in [5.41, 5.74) is -1.64. The van der Waals surface area contributed by atoms with Crippen molar-refractivity contribution in [3.8, 4) is 0 Å². The largest absolute Gasteiger partial charge is 0.458 e. The molecule has 32 heavy (non-hydrogen) atoms. The molecule has 0 aromatic carbocycles. The minimum atomic E-state index is -0.993. The molecular weight excluding hydrogens is 406 g/mol. The van der Waals surface area contributed by atoms with E-state index in [1.165, 1.54) is 0 Å². The molecule has 8 unspecified atom stereocenters. The first kappa shape index (κ1) is 22.3. The Morgan fingerprint density at radius 1 is 1.16 bits per heavy atom. The molecule has 0 amide bonds. The first-order valence-corrected chi connectivity index (χ1v) is 12.3. The number of ether oxygens (including phenoxy) is 1. The van der Waals surface area contributed by atoms with Crippen molar-refractivity contribution < 1.29 is 24.9 Å². The summed E-state index contributed by atoms with van der Waals surface area (Å²) in [5.74, 6) is 0.0676. The molecule has 6 nitrogen and oxygen atoms in total. The first-order valence-electron chi connectivity index (χ1n) is 12.3. The van der Waals surface area contributed by atoms with Crippen LogP contribution in [-0.2, 0) is 9.53 Å². The Balaban J connectivity index is 1.53. The lowest BCUT2D eigenvalue weighted by Crippen LogP contribution is -2.68. The molecule has 5 rings (SSSR count). The van der Waals surface area contributed by atoms with Crippen LogP contribution in [0.4, 0.5) is 0 Å². The predicted octanol–water partition coefficient (Wildman–Crippen LogP) is 2.96. The molecule has 4 aliphatic carbocycles. The molecule has 4 saturated carbocycles. The number of carbonyl (C=O) groups is 1. The van der Waals surface area contributed by atoms with Gasteiger partial charge in [0.05, 0.1) is 23.9 Å². The fourth-order valence-corrected chi connectivity index (χ4v) is 8.65. The monoisotopic (exact) mass is 443 g/mol. The van der Waals surface area contributed by atoms with Crippen molar-refractivity contribution in [1.29, 1.82) is 0 Å². The quantitative estimate of drug-likeness (QED) is 0.352. The number of rotatable bonds is 4. The van der Waals surface area contributed by atoms with Gasteiger partial charge < -0.3 is 20.1 Å². The highest BCUT2D eigenvalue weighted by Crippen LogP contribution is 2.70. The van der Waals surface area contributed by atoms with Crippen molar-refractivity contribution in [2.75, 3.05) is 13.2 Å². The standard InChI is InChI=1S/C26H37NO5/c1-3-12-27-16-24-9-4-18(28)14-25(24,30)10-6-21-20(24)5-8-23(2)19(7-11-26(21,23)31)17-13-22(29)32-15-17/h3,13,16,18-21,28,30-31H,1,4-12,14-15H2,2H3. The lowest BCUT2D eigenvalue weighted by molar-refractivity contribution is -0.237. The van der Waals surface area contributed by atoms with Gasteiger partial charge in [0.1, 0.15) is 6.61 Å². The summed E-state index contributed by atoms with van der Waals surface area (Å²) in [6.07, 6.45) is 11.2. The van der Waals surface area contributed by atoms with E-state index >= 15 is 0 Å². The molecular formula is C26H37NO5. The molecule has 1 heterocycles. The van der Waals surface area contributed by atoms with Gasteiger partial charge in [-0.15, -0.1) is 6.58 Å². The van der Waals surface area contributed by atoms with Crippen LogP contribution in [0.25, 0.3) is 0 Å². The Labute approximate surface area is 190 Å². The third-order valence-electron chi connectivity index (χ3n) is 10.2. The highest BCUT2D eigenvalue weighted by molar-refractivity contribution is 5.85. The van der Waals surface area contributed by atoms with E-state index in [1.807, 2.05) is 6.21 Å². The summed E-state index contributed by atoms with van der Waals surface area (Å²) >= 11 is 0. The molecule has 3 N–H and O–H groups in total. The Morgan fingerprint density at radius 3 is 2.66 bits per heavy atom. The second kappa shape index (κ2) is 7.51. The van der Waals surface area contributed by atoms with Gasteiger partial charge in [0.25, 0.3) is 0 Å². The van der Waals surface area contributed by atoms with Gasteiger partial charge in [-0.1, -0.05) is 13.0 Å². The lowest BCUT2D eigenvalue weighted by Gasteiger charge is -2.65. The topological polar surface area (TPSA) is 99.4 Å². The van der Waals surface area contributed by atoms with Gasteiger partial charge in [-0.05, 0) is 74.7 Å². The van der Waals surface area contributed by atoms with Crippen molar-refractivity contribution in [2.45, 2.75) is 82.0 Å². The van der Waals surface area contributed by atoms with Crippen LogP contribution in [0.1, 0.15) is 64.7 Å². The maximum absolute atomic E-state index is 12.3. The van der Waals surface area contributed by atoms with Crippen molar-refractivity contribution in [2.24, 2.45) is 33.6 Å². The van der Waals surface area contributed by atoms with E-state index in [4.69, 9.17) is 4.74 Å². The second-order valence-electron chi connectivity index (χ2n) is 11.3. The zero-order valence-electron chi connectivity index (χ0n) is 19.1. The summed E-state index contributed by atoms with van der Waals surface area (Å²) in [6.45, 7) is 6.83. The average molecular weight is 444 g/mol. The number of fused-ring (bicyclic) bond motifs is 5. The molecule has 0 aromatic rings. The summed E-state index contributed by atoms with van der Waals surface area (Å²) in [7, 11) is 0. The van der Waals surface area contributed by atoms with Crippen LogP contribution in [0.5, 0.6) is 0 Å². The van der Waals surface area contributed by atoms with E-state index in [9.17, 15) is 20.1 Å². The van der Waals surface area contributed by atoms with E-state index in [2.05, 4.69) is 18.5 Å². The molecule has 176 valence electrons. The van der Waals surface area contributed by atoms with E-state index in [1.54, 1.807) is 12.2 Å². The molecule has 8 atom stereocenters. The zero-order chi connectivity index (χ0) is 22.8. The van der Waals surface area contributed by atoms with Crippen molar-refractivity contribution in [3.63, 3.8) is 0 Å². The van der Waals surface area contributed by atoms with Crippen LogP contribution in [0.3, 0.4) is 0 Å². The fraction of sp³-hybridized carbons (Fsp3) is 0.769. The normalized spacial score (nSPS) is 50.4. The van der Waals surface area contributed by atoms with Crippen molar-refractivity contribution in [1.82, 2.24) is 0 Å². The van der Waals surface area contributed by atoms with Crippen LogP contribution < -0.4 is 0 Å². The molecule has 0 spiro atoms. The van der Waals surface area contributed by atoms with Gasteiger partial charge in [0.15, 0.2) is 0 Å². The zero-order valence-corrected chi connectivity index (χ0v) is 19.1. The predicted molar refractivity (Wildman–Crippen MR) is 121 cm³/mol. The highest BCUT2D eigenvalue weighted by atomic mass is 16.5. The van der Waals surface area contributed by atoms with Gasteiger partial charge in [-0.25, -0.2) is 4.79 Å². The van der Waals surface area contributed by atoms with Gasteiger partial charge in [-0.3, -0.25) is 4.99 Å². The molecule has 0 saturated heterocycles. The average Bonchev–Trinajstić information content (AvgIpc) is 3.28. The number of cyclic esters (lactones) is 1. The summed E-state index contributed by atoms with van der Waals surface area (Å²) in [6, 6.07) is 0. The summed E-state index contributed by atoms with van der Waals surface area (Å²) < 4.78 is 5.21. The number of esters is 1. The molecule has 0 aromatic heterocycles. The van der Waals surface area contributed by atoms with Crippen LogP contribution in [0, 0.1) is 28.6 Å². The Hall–Kier alpha value is -1.50. The summed E-state index contributed by atoms with van der Waals surface area (Å²) in [5, 5.41) is 34.6. The number of aliphatic hydroxyl groups is 3. The van der Waals surface area contributed by atoms with E-state index in [0.29, 0.717) is 45.3 Å². The Morgan fingerprint density at radius 2 is 1.94 bits per heavy atom. The fourth-order valence-electron chi connectivity index (χ4n) is 8.65. The molecule has 5 aliphatic rings. The van der Waals surface area contributed by atoms with E-state index in [-0.39, 0.29) is 29.1 Å². The number of aliphatic imine (C=N–C) groups is 1. The number of nitrogens with zero attached hydrogens (tertiary/aromatic N) is 1. The highest BCUT2D eigenvalue weighted by Gasteiger charge is 2.71. The SMILES string of the molecule is C=CCN=CC12CCC(O)CC1(O)CCC1C2CCC2(C)C(C3=CC(=O)OC3)CCC12O. The van der Waals surface area contributed by atoms with Crippen molar-refractivity contribution >= 4 is 12.2 Å². The lowest BCUT2D eigenvalue weighted by atomic mass is 9.41. The van der Waals surface area contributed by atoms with Gasteiger partial charge >= 0.3 is 5.97 Å². The molecule has 0 bridgehead atoms. The Bertz CT molecular complexity index is 868. The maximum Gasteiger partial charge on any atom is 0.331 e. The number of aliphatic hydroxyl groups excluding tert-OH is 1. The minimum absolute atomic E-state index is 0.0653. The van der Waals surface area contributed by atoms with Gasteiger partial charge in [0, 0.05) is 29.5 Å². The third-order valence-corrected chi connectivity index (χ3v) is 10.2. The van der Waals surface area contributed by atoms with Crippen LogP contribution in [0.15, 0.2) is 29.3 Å². The molecule has 1 aliphatic heterocycles. The van der Waals surface area contributed by atoms with E-state index in [0.717, 1.165) is 31.3 Å². The molecule has 6 heteroatoms. The minimum Gasteiger partial charge on any atom is -0.458 e. The van der Waals surface area contributed by atoms with Crippen LogP contribution >= 0.6 is 0 Å². The maximum atomic E-state index is 12.3. The van der Waals surface area contributed by atoms with Crippen LogP contribution in [0.2, 0.25) is 0 Å². The molecule has 0 radical (unpaired) electrons. The smallest absolute Gasteiger partial charge is 0.331 e. The number of hydrogen-bond acceptors (Lipinski definition) is 6. The Kier molecular flexibility index (Phi) is 5.23. The van der Waals surface area contributed by atoms with E-state index < -0.39 is 22.7 Å². The van der Waals surface area contributed by atoms with Gasteiger partial charge in [-0.2, -0.15) is 0 Å². The second-order valence-corrected chi connectivity index (χ2v) is 11.3. The molecule has 4 fully saturated rings. The first-order chi connectivity index (χ1) is 15.2. The van der Waals surface area contributed by atoms with Crippen LogP contribution in [-0.4, -0.2) is 58.0 Å². The van der Waals surface area contributed by atoms with Gasteiger partial charge in [0.2, 0.25) is 0 Å².